The number of thioether (sulfide) groups is 1. The van der Waals surface area contributed by atoms with Gasteiger partial charge in [0.25, 0.3) is 0 Å². The van der Waals surface area contributed by atoms with Crippen LogP contribution in [0.3, 0.4) is 0 Å². The minimum absolute atomic E-state index is 1.12. The van der Waals surface area contributed by atoms with Gasteiger partial charge >= 0.3 is 0 Å². The van der Waals surface area contributed by atoms with Crippen molar-refractivity contribution in [3.8, 4) is 0 Å². The molecule has 2 aromatic carbocycles. The minimum atomic E-state index is 1.12. The van der Waals surface area contributed by atoms with Crippen molar-refractivity contribution in [1.82, 2.24) is 0 Å². The molecule has 0 aromatic heterocycles. The fraction of sp³-hybridized carbons (Fsp3) is 0.333. The van der Waals surface area contributed by atoms with E-state index < -0.39 is 0 Å². The maximum Gasteiger partial charge on any atom is 0.0431 e. The van der Waals surface area contributed by atoms with Crippen LogP contribution < -0.4 is 4.90 Å². The summed E-state index contributed by atoms with van der Waals surface area (Å²) >= 11 is 5.37. The zero-order valence-electron chi connectivity index (χ0n) is 14.1. The van der Waals surface area contributed by atoms with Crippen LogP contribution in [0.25, 0.3) is 4.91 Å². The van der Waals surface area contributed by atoms with Gasteiger partial charge in [-0.15, -0.1) is 0 Å². The van der Waals surface area contributed by atoms with Crippen molar-refractivity contribution in [2.45, 2.75) is 37.5 Å². The van der Waals surface area contributed by atoms with Crippen molar-refractivity contribution in [3.05, 3.63) is 63.6 Å². The molecular formula is C21H22BrNS. The van der Waals surface area contributed by atoms with Crippen LogP contribution in [0.15, 0.2) is 46.3 Å². The summed E-state index contributed by atoms with van der Waals surface area (Å²) in [4.78, 5) is 5.02. The Morgan fingerprint density at radius 2 is 1.75 bits per heavy atom. The maximum absolute atomic E-state index is 4.39. The lowest BCUT2D eigenvalue weighted by Crippen LogP contribution is -2.34. The molecule has 0 N–H and O–H groups in total. The van der Waals surface area contributed by atoms with Gasteiger partial charge < -0.3 is 4.90 Å². The molecule has 2 aliphatic heterocycles. The highest BCUT2D eigenvalue weighted by atomic mass is 79.9. The Labute approximate surface area is 157 Å². The van der Waals surface area contributed by atoms with Crippen LogP contribution in [0, 0.1) is 6.92 Å². The molecule has 24 heavy (non-hydrogen) atoms. The van der Waals surface area contributed by atoms with E-state index in [9.17, 15) is 0 Å². The molecule has 3 heteroatoms. The summed E-state index contributed by atoms with van der Waals surface area (Å²) in [5.74, 6) is 0. The zero-order chi connectivity index (χ0) is 16.7. The first-order chi connectivity index (χ1) is 11.6. The first-order valence-corrected chi connectivity index (χ1v) is 10.3. The third-order valence-electron chi connectivity index (χ3n) is 5.04. The van der Waals surface area contributed by atoms with E-state index in [0.29, 0.717) is 0 Å². The summed E-state index contributed by atoms with van der Waals surface area (Å²) in [7, 11) is 0. The standard InChI is InChI=1S/C21H22BrNS/c1-14-7-8-19(22)13-20(14)24-15(2)18-11-16-5-3-9-23-10-4-6-17(12-18)21(16)23/h7-8,11-13H,2-6,9-10H2,1H3. The molecule has 1 nitrogen and oxygen atoms in total. The molecule has 0 amide bonds. The van der Waals surface area contributed by atoms with E-state index in [1.54, 1.807) is 11.8 Å². The molecule has 0 aliphatic carbocycles. The van der Waals surface area contributed by atoms with Crippen molar-refractivity contribution in [3.63, 3.8) is 0 Å². The molecule has 0 spiro atoms. The second-order valence-corrected chi connectivity index (χ2v) is 8.82. The van der Waals surface area contributed by atoms with E-state index in [4.69, 9.17) is 0 Å². The number of anilines is 1. The molecule has 2 heterocycles. The third kappa shape index (κ3) is 3.04. The van der Waals surface area contributed by atoms with Crippen molar-refractivity contribution in [1.29, 1.82) is 0 Å². The highest BCUT2D eigenvalue weighted by molar-refractivity contribution is 9.10. The van der Waals surface area contributed by atoms with E-state index >= 15 is 0 Å². The number of hydrogen-bond acceptors (Lipinski definition) is 2. The van der Waals surface area contributed by atoms with Gasteiger partial charge in [0.1, 0.15) is 0 Å². The average Bonchev–Trinajstić information content (AvgIpc) is 2.58. The van der Waals surface area contributed by atoms with E-state index in [1.165, 1.54) is 71.6 Å². The second-order valence-electron chi connectivity index (χ2n) is 6.77. The summed E-state index contributed by atoms with van der Waals surface area (Å²) in [6.45, 7) is 9.01. The van der Waals surface area contributed by atoms with Crippen molar-refractivity contribution in [2.24, 2.45) is 0 Å². The Morgan fingerprint density at radius 3 is 2.42 bits per heavy atom. The lowest BCUT2D eigenvalue weighted by Gasteiger charge is -2.37. The Balaban J connectivity index is 1.67. The predicted octanol–water partition coefficient (Wildman–Crippen LogP) is 6.22. The second kappa shape index (κ2) is 6.61. The molecule has 2 aliphatic rings. The first kappa shape index (κ1) is 16.3. The van der Waals surface area contributed by atoms with Crippen LogP contribution in [-0.4, -0.2) is 13.1 Å². The normalized spacial score (nSPS) is 16.0. The van der Waals surface area contributed by atoms with Crippen LogP contribution in [0.2, 0.25) is 0 Å². The molecule has 0 fully saturated rings. The van der Waals surface area contributed by atoms with Crippen LogP contribution >= 0.6 is 27.7 Å². The number of rotatable bonds is 3. The first-order valence-electron chi connectivity index (χ1n) is 8.66. The van der Waals surface area contributed by atoms with Gasteiger partial charge in [0.05, 0.1) is 0 Å². The largest absolute Gasteiger partial charge is 0.371 e. The molecule has 4 rings (SSSR count). The highest BCUT2D eigenvalue weighted by Gasteiger charge is 2.24. The Bertz CT molecular complexity index is 780. The van der Waals surface area contributed by atoms with Crippen molar-refractivity contribution >= 4 is 38.3 Å². The van der Waals surface area contributed by atoms with Crippen LogP contribution in [0.4, 0.5) is 5.69 Å². The molecule has 2 aromatic rings. The SMILES string of the molecule is C=C(Sc1cc(Br)ccc1C)c1cc2c3c(c1)CCCN3CCC2. The van der Waals surface area contributed by atoms with Gasteiger partial charge in [-0.3, -0.25) is 0 Å². The summed E-state index contributed by atoms with van der Waals surface area (Å²) < 4.78 is 1.12. The smallest absolute Gasteiger partial charge is 0.0431 e. The number of nitrogens with zero attached hydrogens (tertiary/aromatic N) is 1. The molecule has 0 saturated heterocycles. The van der Waals surface area contributed by atoms with Crippen LogP contribution in [-0.2, 0) is 12.8 Å². The Morgan fingerprint density at radius 1 is 1.08 bits per heavy atom. The van der Waals surface area contributed by atoms with E-state index in [-0.39, 0.29) is 0 Å². The number of benzene rings is 2. The molecule has 0 radical (unpaired) electrons. The number of halogens is 1. The van der Waals surface area contributed by atoms with Crippen molar-refractivity contribution in [2.75, 3.05) is 18.0 Å². The van der Waals surface area contributed by atoms with Crippen LogP contribution in [0.1, 0.15) is 35.1 Å². The fourth-order valence-electron chi connectivity index (χ4n) is 3.84. The maximum atomic E-state index is 4.39. The van der Waals surface area contributed by atoms with E-state index in [1.807, 2.05) is 0 Å². The summed E-state index contributed by atoms with van der Waals surface area (Å²) in [5, 5.41) is 0. The topological polar surface area (TPSA) is 3.24 Å². The van der Waals surface area contributed by atoms with Gasteiger partial charge in [0.2, 0.25) is 0 Å². The quantitative estimate of drug-likeness (QED) is 0.563. The summed E-state index contributed by atoms with van der Waals surface area (Å²) in [6.07, 6.45) is 4.97. The monoisotopic (exact) mass is 399 g/mol. The minimum Gasteiger partial charge on any atom is -0.371 e. The fourth-order valence-corrected chi connectivity index (χ4v) is 5.27. The Hall–Kier alpha value is -1.19. The lowest BCUT2D eigenvalue weighted by atomic mass is 9.90. The van der Waals surface area contributed by atoms with Crippen molar-refractivity contribution < 1.29 is 0 Å². The van der Waals surface area contributed by atoms with Gasteiger partial charge in [-0.25, -0.2) is 0 Å². The number of aryl methyl sites for hydroxylation is 3. The van der Waals surface area contributed by atoms with Gasteiger partial charge in [-0.2, -0.15) is 0 Å². The lowest BCUT2D eigenvalue weighted by molar-refractivity contribution is 0.634. The number of hydrogen-bond donors (Lipinski definition) is 0. The van der Waals surface area contributed by atoms with Crippen LogP contribution in [0.5, 0.6) is 0 Å². The van der Waals surface area contributed by atoms with E-state index in [0.717, 1.165) is 9.38 Å². The molecule has 0 bridgehead atoms. The third-order valence-corrected chi connectivity index (χ3v) is 6.67. The summed E-state index contributed by atoms with van der Waals surface area (Å²) in [5.41, 5.74) is 7.20. The van der Waals surface area contributed by atoms with Gasteiger partial charge in [-0.1, -0.05) is 40.3 Å². The molecule has 0 saturated carbocycles. The molecule has 0 atom stereocenters. The summed E-state index contributed by atoms with van der Waals surface area (Å²) in [6, 6.07) is 11.2. The van der Waals surface area contributed by atoms with Gasteiger partial charge in [-0.05, 0) is 79.1 Å². The average molecular weight is 400 g/mol. The van der Waals surface area contributed by atoms with E-state index in [2.05, 4.69) is 64.7 Å². The zero-order valence-corrected chi connectivity index (χ0v) is 16.5. The molecule has 124 valence electrons. The Kier molecular flexibility index (Phi) is 4.48. The van der Waals surface area contributed by atoms with Gasteiger partial charge in [0, 0.05) is 33.1 Å². The predicted molar refractivity (Wildman–Crippen MR) is 109 cm³/mol. The molecule has 0 unspecified atom stereocenters. The molecular weight excluding hydrogens is 378 g/mol. The van der Waals surface area contributed by atoms with Gasteiger partial charge in [0.15, 0.2) is 0 Å². The highest BCUT2D eigenvalue weighted by Crippen LogP contribution is 2.41.